The van der Waals surface area contributed by atoms with Crippen LogP contribution in [0.25, 0.3) is 0 Å². The Balaban J connectivity index is 3.44. The van der Waals surface area contributed by atoms with Gasteiger partial charge in [-0.2, -0.15) is 0 Å². The van der Waals surface area contributed by atoms with Crippen molar-refractivity contribution in [1.29, 1.82) is 0 Å². The summed E-state index contributed by atoms with van der Waals surface area (Å²) in [6.07, 6.45) is 2.98. The van der Waals surface area contributed by atoms with Crippen molar-refractivity contribution in [3.05, 3.63) is 35.9 Å². The first kappa shape index (κ1) is 30.5. The second kappa shape index (κ2) is 13.5. The Hall–Kier alpha value is -2.57. The molecule has 0 spiro atoms. The highest BCUT2D eigenvalue weighted by Crippen LogP contribution is 2.31. The number of carbonyl (C=O) groups is 3. The molecule has 0 bridgehead atoms. The van der Waals surface area contributed by atoms with E-state index in [4.69, 9.17) is 4.74 Å². The second-order valence-corrected chi connectivity index (χ2v) is 11.2. The third-order valence-electron chi connectivity index (χ3n) is 5.81. The summed E-state index contributed by atoms with van der Waals surface area (Å²) >= 11 is 0. The molecule has 1 aromatic carbocycles. The third kappa shape index (κ3) is 9.90. The molecule has 7 heteroatoms. The molecule has 0 aliphatic rings. The maximum Gasteiger partial charge on any atom is 0.408 e. The maximum atomic E-state index is 14.2. The van der Waals surface area contributed by atoms with E-state index in [1.165, 1.54) is 0 Å². The number of nitrogens with one attached hydrogen (secondary N) is 2. The van der Waals surface area contributed by atoms with Crippen LogP contribution in [0.4, 0.5) is 4.79 Å². The summed E-state index contributed by atoms with van der Waals surface area (Å²) in [5.74, 6) is -0.699. The molecule has 3 amide bonds. The van der Waals surface area contributed by atoms with Crippen molar-refractivity contribution in [3.63, 3.8) is 0 Å². The zero-order chi connectivity index (χ0) is 26.8. The average Bonchev–Trinajstić information content (AvgIpc) is 2.76. The Labute approximate surface area is 212 Å². The van der Waals surface area contributed by atoms with Gasteiger partial charge in [0.05, 0.1) is 0 Å². The van der Waals surface area contributed by atoms with Gasteiger partial charge in [-0.15, -0.1) is 0 Å². The van der Waals surface area contributed by atoms with Crippen molar-refractivity contribution in [2.45, 2.75) is 111 Å². The summed E-state index contributed by atoms with van der Waals surface area (Å²) in [5.41, 5.74) is -0.662. The fraction of sp³-hybridized carbons (Fsp3) is 0.679. The van der Waals surface area contributed by atoms with Crippen molar-refractivity contribution >= 4 is 17.9 Å². The number of alkyl carbamates (subject to hydrolysis) is 1. The van der Waals surface area contributed by atoms with Gasteiger partial charge in [-0.25, -0.2) is 4.79 Å². The van der Waals surface area contributed by atoms with E-state index < -0.39 is 29.3 Å². The molecule has 1 aromatic rings. The molecule has 0 saturated heterocycles. The molecule has 1 rings (SSSR count). The largest absolute Gasteiger partial charge is 0.444 e. The molecule has 3 atom stereocenters. The van der Waals surface area contributed by atoms with E-state index >= 15 is 0 Å². The van der Waals surface area contributed by atoms with Crippen LogP contribution in [0.15, 0.2) is 30.3 Å². The molecule has 2 N–H and O–H groups in total. The summed E-state index contributed by atoms with van der Waals surface area (Å²) in [6.45, 7) is 17.6. The number of unbranched alkanes of at least 4 members (excludes halogenated alkanes) is 2. The molecule has 0 aromatic heterocycles. The molecule has 35 heavy (non-hydrogen) atoms. The van der Waals surface area contributed by atoms with Crippen molar-refractivity contribution in [2.75, 3.05) is 6.54 Å². The normalized spacial score (nSPS) is 14.4. The fourth-order valence-electron chi connectivity index (χ4n) is 3.85. The number of hydrogen-bond acceptors (Lipinski definition) is 4. The van der Waals surface area contributed by atoms with Gasteiger partial charge in [-0.1, -0.05) is 70.4 Å². The SMILES string of the molecule is CCCCCNC(=O)C(c1ccccc1)N(C(=O)C(NC(=O)OC(C)(C)C)C(C)CC)C(C)(C)C. The topological polar surface area (TPSA) is 87.7 Å². The number of rotatable bonds is 11. The van der Waals surface area contributed by atoms with Crippen LogP contribution in [0.3, 0.4) is 0 Å². The van der Waals surface area contributed by atoms with Gasteiger partial charge in [-0.05, 0) is 59.4 Å². The summed E-state index contributed by atoms with van der Waals surface area (Å²) in [4.78, 5) is 42.0. The lowest BCUT2D eigenvalue weighted by Crippen LogP contribution is -2.60. The van der Waals surface area contributed by atoms with E-state index in [2.05, 4.69) is 17.6 Å². The zero-order valence-electron chi connectivity index (χ0n) is 23.2. The number of amides is 3. The first-order valence-electron chi connectivity index (χ1n) is 12.9. The first-order valence-corrected chi connectivity index (χ1v) is 12.9. The monoisotopic (exact) mass is 489 g/mol. The Morgan fingerprint density at radius 1 is 0.971 bits per heavy atom. The van der Waals surface area contributed by atoms with E-state index in [0.717, 1.165) is 24.8 Å². The van der Waals surface area contributed by atoms with E-state index in [9.17, 15) is 14.4 Å². The second-order valence-electron chi connectivity index (χ2n) is 11.2. The number of nitrogens with zero attached hydrogens (tertiary/aromatic N) is 1. The Kier molecular flexibility index (Phi) is 11.7. The van der Waals surface area contributed by atoms with E-state index in [1.54, 1.807) is 25.7 Å². The van der Waals surface area contributed by atoms with Gasteiger partial charge in [0.2, 0.25) is 11.8 Å². The molecular formula is C28H47N3O4. The highest BCUT2D eigenvalue weighted by atomic mass is 16.6. The predicted molar refractivity (Wildman–Crippen MR) is 141 cm³/mol. The van der Waals surface area contributed by atoms with Crippen molar-refractivity contribution in [1.82, 2.24) is 15.5 Å². The van der Waals surface area contributed by atoms with Crippen LogP contribution in [0, 0.1) is 5.92 Å². The van der Waals surface area contributed by atoms with Crippen molar-refractivity contribution < 1.29 is 19.1 Å². The molecule has 0 aliphatic carbocycles. The van der Waals surface area contributed by atoms with Gasteiger partial charge in [0.25, 0.3) is 0 Å². The minimum Gasteiger partial charge on any atom is -0.444 e. The fourth-order valence-corrected chi connectivity index (χ4v) is 3.85. The molecule has 198 valence electrons. The lowest BCUT2D eigenvalue weighted by Gasteiger charge is -2.43. The quantitative estimate of drug-likeness (QED) is 0.396. The van der Waals surface area contributed by atoms with Gasteiger partial charge in [-0.3, -0.25) is 9.59 Å². The number of carbonyl (C=O) groups excluding carboxylic acids is 3. The van der Waals surface area contributed by atoms with E-state index in [-0.39, 0.29) is 17.7 Å². The third-order valence-corrected chi connectivity index (χ3v) is 5.81. The maximum absolute atomic E-state index is 14.2. The van der Waals surface area contributed by atoms with Crippen LogP contribution in [0.2, 0.25) is 0 Å². The summed E-state index contributed by atoms with van der Waals surface area (Å²) < 4.78 is 5.45. The molecule has 0 aliphatic heterocycles. The first-order chi connectivity index (χ1) is 16.2. The van der Waals surface area contributed by atoms with Gasteiger partial charge in [0.15, 0.2) is 0 Å². The summed E-state index contributed by atoms with van der Waals surface area (Å²) in [6, 6.07) is 7.66. The van der Waals surface area contributed by atoms with E-state index in [1.807, 2.05) is 65.0 Å². The summed E-state index contributed by atoms with van der Waals surface area (Å²) in [5, 5.41) is 5.83. The van der Waals surface area contributed by atoms with Crippen LogP contribution in [0.1, 0.15) is 99.6 Å². The highest BCUT2D eigenvalue weighted by molar-refractivity contribution is 5.92. The Bertz CT molecular complexity index is 812. The number of ether oxygens (including phenoxy) is 1. The van der Waals surface area contributed by atoms with Crippen molar-refractivity contribution in [2.24, 2.45) is 5.92 Å². The Morgan fingerprint density at radius 2 is 1.57 bits per heavy atom. The molecule has 0 radical (unpaired) electrons. The van der Waals surface area contributed by atoms with Crippen LogP contribution in [-0.2, 0) is 14.3 Å². The predicted octanol–water partition coefficient (Wildman–Crippen LogP) is 5.60. The lowest BCUT2D eigenvalue weighted by molar-refractivity contribution is -0.149. The number of benzene rings is 1. The lowest BCUT2D eigenvalue weighted by atomic mass is 9.91. The molecular weight excluding hydrogens is 442 g/mol. The van der Waals surface area contributed by atoms with Crippen LogP contribution in [0.5, 0.6) is 0 Å². The van der Waals surface area contributed by atoms with Crippen LogP contribution >= 0.6 is 0 Å². The number of hydrogen-bond donors (Lipinski definition) is 2. The smallest absolute Gasteiger partial charge is 0.408 e. The zero-order valence-corrected chi connectivity index (χ0v) is 23.2. The molecule has 0 fully saturated rings. The standard InChI is InChI=1S/C28H47N3O4/c1-10-12-16-19-29-24(32)23(21-17-14-13-15-18-21)31(27(4,5)6)25(33)22(20(3)11-2)30-26(34)35-28(7,8)9/h13-15,17-18,20,22-23H,10-12,16,19H2,1-9H3,(H,29,32)(H,30,34). The van der Waals surface area contributed by atoms with E-state index in [0.29, 0.717) is 13.0 Å². The van der Waals surface area contributed by atoms with Gasteiger partial charge in [0, 0.05) is 12.1 Å². The molecule has 0 saturated carbocycles. The minimum absolute atomic E-state index is 0.163. The average molecular weight is 490 g/mol. The summed E-state index contributed by atoms with van der Waals surface area (Å²) in [7, 11) is 0. The van der Waals surface area contributed by atoms with Gasteiger partial charge >= 0.3 is 6.09 Å². The van der Waals surface area contributed by atoms with Crippen LogP contribution < -0.4 is 10.6 Å². The molecule has 7 nitrogen and oxygen atoms in total. The highest BCUT2D eigenvalue weighted by Gasteiger charge is 2.42. The Morgan fingerprint density at radius 3 is 2.06 bits per heavy atom. The van der Waals surface area contributed by atoms with Gasteiger partial charge < -0.3 is 20.3 Å². The van der Waals surface area contributed by atoms with Crippen LogP contribution in [-0.4, -0.2) is 46.5 Å². The molecule has 0 heterocycles. The van der Waals surface area contributed by atoms with Gasteiger partial charge in [0.1, 0.15) is 17.7 Å². The van der Waals surface area contributed by atoms with Crippen molar-refractivity contribution in [3.8, 4) is 0 Å². The molecule has 3 unspecified atom stereocenters. The minimum atomic E-state index is -0.840.